The minimum Gasteiger partial charge on any atom is -0.288 e. The third-order valence-electron chi connectivity index (χ3n) is 1.94. The summed E-state index contributed by atoms with van der Waals surface area (Å²) in [6.45, 7) is 0. The minimum absolute atomic E-state index is 0.300. The molecule has 19 heavy (non-hydrogen) atoms. The molecule has 0 unspecified atom stereocenters. The van der Waals surface area contributed by atoms with Gasteiger partial charge in [-0.1, -0.05) is 12.1 Å². The number of hydrogen-bond donors (Lipinski definition) is 2. The molecular weight excluding hydrogens is 291 g/mol. The maximum absolute atomic E-state index is 10.9. The van der Waals surface area contributed by atoms with Crippen LogP contribution in [0.15, 0.2) is 24.3 Å². The summed E-state index contributed by atoms with van der Waals surface area (Å²) in [6, 6.07) is 6.74. The van der Waals surface area contributed by atoms with E-state index in [1.165, 1.54) is 0 Å². The highest BCUT2D eigenvalue weighted by molar-refractivity contribution is 7.86. The van der Waals surface area contributed by atoms with Crippen LogP contribution in [0.5, 0.6) is 0 Å². The molecule has 0 aliphatic carbocycles. The number of alkyl halides is 3. The first kappa shape index (κ1) is 15.1. The molecule has 1 heterocycles. The molecule has 2 N–H and O–H groups in total. The fraction of sp³-hybridized carbons (Fsp3) is 0.111. The van der Waals surface area contributed by atoms with Crippen LogP contribution in [-0.2, 0) is 10.1 Å². The second kappa shape index (κ2) is 4.97. The number of hydrogen-bond acceptors (Lipinski definition) is 4. The molecule has 1 aromatic carbocycles. The molecule has 2 amide bonds. The highest BCUT2D eigenvalue weighted by Crippen LogP contribution is 2.20. The highest BCUT2D eigenvalue weighted by atomic mass is 32.2. The first-order chi connectivity index (χ1) is 8.54. The van der Waals surface area contributed by atoms with E-state index in [1.807, 2.05) is 0 Å². The van der Waals surface area contributed by atoms with Gasteiger partial charge in [0.05, 0.1) is 11.1 Å². The van der Waals surface area contributed by atoms with Gasteiger partial charge in [0.25, 0.3) is 11.8 Å². The van der Waals surface area contributed by atoms with Crippen LogP contribution >= 0.6 is 0 Å². The molecule has 2 rings (SSSR count). The lowest BCUT2D eigenvalue weighted by Gasteiger charge is -1.97. The molecule has 0 fully saturated rings. The monoisotopic (exact) mass is 297 g/mol. The molecule has 0 spiro atoms. The van der Waals surface area contributed by atoms with Crippen molar-refractivity contribution in [2.75, 3.05) is 0 Å². The van der Waals surface area contributed by atoms with Gasteiger partial charge in [-0.2, -0.15) is 21.6 Å². The van der Waals surface area contributed by atoms with Crippen molar-refractivity contribution in [3.63, 3.8) is 0 Å². The number of nitrogens with one attached hydrogen (secondary N) is 1. The zero-order chi connectivity index (χ0) is 14.8. The van der Waals surface area contributed by atoms with Gasteiger partial charge in [-0.3, -0.25) is 19.5 Å². The number of benzene rings is 1. The van der Waals surface area contributed by atoms with Gasteiger partial charge in [0, 0.05) is 0 Å². The van der Waals surface area contributed by atoms with E-state index in [-0.39, 0.29) is 11.8 Å². The standard InChI is InChI=1S/C8H5NO2.CHF3O3S/c10-7-5-3-1-2-4-6(5)8(11)9-7;2-1(3,4)8(5,6)7/h1-4H,(H,9,10,11);(H,5,6,7). The van der Waals surface area contributed by atoms with E-state index < -0.39 is 15.6 Å². The van der Waals surface area contributed by atoms with E-state index in [0.29, 0.717) is 11.1 Å². The lowest BCUT2D eigenvalue weighted by molar-refractivity contribution is -0.0510. The summed E-state index contributed by atoms with van der Waals surface area (Å²) in [6.07, 6.45) is 0. The molecule has 104 valence electrons. The number of imide groups is 1. The van der Waals surface area contributed by atoms with Gasteiger partial charge in [-0.15, -0.1) is 0 Å². The number of fused-ring (bicyclic) bond motifs is 1. The fourth-order valence-electron chi connectivity index (χ4n) is 1.12. The molecule has 1 aromatic rings. The first-order valence-corrected chi connectivity index (χ1v) is 5.96. The van der Waals surface area contributed by atoms with Crippen LogP contribution in [0.4, 0.5) is 13.2 Å². The summed E-state index contributed by atoms with van der Waals surface area (Å²) in [5, 5.41) is 2.20. The summed E-state index contributed by atoms with van der Waals surface area (Å²) >= 11 is 0. The van der Waals surface area contributed by atoms with Gasteiger partial charge >= 0.3 is 15.6 Å². The molecular formula is C9H6F3NO5S. The Kier molecular flexibility index (Phi) is 3.96. The Hall–Kier alpha value is -1.94. The van der Waals surface area contributed by atoms with Gasteiger partial charge in [-0.05, 0) is 12.1 Å². The van der Waals surface area contributed by atoms with Gasteiger partial charge in [0.1, 0.15) is 0 Å². The second-order valence-electron chi connectivity index (χ2n) is 3.25. The number of rotatable bonds is 0. The summed E-state index contributed by atoms with van der Waals surface area (Å²) in [4.78, 5) is 21.9. The van der Waals surface area contributed by atoms with Crippen molar-refractivity contribution < 1.29 is 35.7 Å². The van der Waals surface area contributed by atoms with Gasteiger partial charge in [0.2, 0.25) is 0 Å². The fourth-order valence-corrected chi connectivity index (χ4v) is 1.12. The topological polar surface area (TPSA) is 101 Å². The van der Waals surface area contributed by atoms with E-state index in [0.717, 1.165) is 0 Å². The van der Waals surface area contributed by atoms with Gasteiger partial charge in [-0.25, -0.2) is 0 Å². The maximum Gasteiger partial charge on any atom is 0.522 e. The van der Waals surface area contributed by atoms with Crippen LogP contribution in [0.3, 0.4) is 0 Å². The van der Waals surface area contributed by atoms with Gasteiger partial charge < -0.3 is 0 Å². The molecule has 0 radical (unpaired) electrons. The van der Waals surface area contributed by atoms with E-state index in [9.17, 15) is 22.8 Å². The molecule has 0 atom stereocenters. The predicted octanol–water partition coefficient (Wildman–Crippen LogP) is 0.964. The average molecular weight is 297 g/mol. The Morgan fingerprint density at radius 2 is 1.32 bits per heavy atom. The van der Waals surface area contributed by atoms with E-state index >= 15 is 0 Å². The van der Waals surface area contributed by atoms with E-state index in [4.69, 9.17) is 13.0 Å². The Labute approximate surface area is 105 Å². The number of carbonyl (C=O) groups excluding carboxylic acids is 2. The largest absolute Gasteiger partial charge is 0.522 e. The van der Waals surface area contributed by atoms with E-state index in [2.05, 4.69) is 5.32 Å². The lowest BCUT2D eigenvalue weighted by atomic mass is 10.1. The number of amides is 2. The molecule has 10 heteroatoms. The van der Waals surface area contributed by atoms with Crippen molar-refractivity contribution in [2.24, 2.45) is 0 Å². The number of carbonyl (C=O) groups is 2. The third kappa shape index (κ3) is 3.51. The normalized spacial score (nSPS) is 14.3. The Morgan fingerprint density at radius 3 is 1.58 bits per heavy atom. The first-order valence-electron chi connectivity index (χ1n) is 4.52. The predicted molar refractivity (Wildman–Crippen MR) is 55.8 cm³/mol. The molecule has 1 aliphatic rings. The zero-order valence-electron chi connectivity index (χ0n) is 8.93. The Balaban J connectivity index is 0.000000203. The van der Waals surface area contributed by atoms with Crippen LogP contribution < -0.4 is 5.32 Å². The summed E-state index contributed by atoms with van der Waals surface area (Å²) in [5.41, 5.74) is -4.59. The average Bonchev–Trinajstić information content (AvgIpc) is 2.54. The maximum atomic E-state index is 10.9. The van der Waals surface area contributed by atoms with Crippen molar-refractivity contribution in [3.05, 3.63) is 35.4 Å². The minimum atomic E-state index is -5.84. The van der Waals surface area contributed by atoms with Crippen molar-refractivity contribution in [1.29, 1.82) is 0 Å². The van der Waals surface area contributed by atoms with E-state index in [1.54, 1.807) is 24.3 Å². The zero-order valence-corrected chi connectivity index (χ0v) is 9.75. The SMILES string of the molecule is O=C1NC(=O)c2ccccc21.O=S(=O)(O)C(F)(F)F. The Bertz CT molecular complexity index is 590. The molecule has 6 nitrogen and oxygen atoms in total. The Morgan fingerprint density at radius 1 is 1.00 bits per heavy atom. The number of halogens is 3. The van der Waals surface area contributed by atoms with Crippen LogP contribution in [0.2, 0.25) is 0 Å². The van der Waals surface area contributed by atoms with Gasteiger partial charge in [0.15, 0.2) is 0 Å². The molecule has 0 aromatic heterocycles. The highest BCUT2D eigenvalue weighted by Gasteiger charge is 2.44. The van der Waals surface area contributed by atoms with Crippen molar-refractivity contribution >= 4 is 21.9 Å². The summed E-state index contributed by atoms with van der Waals surface area (Å²) in [5.74, 6) is -0.601. The van der Waals surface area contributed by atoms with Crippen LogP contribution in [0, 0.1) is 0 Å². The third-order valence-corrected chi connectivity index (χ3v) is 2.52. The van der Waals surface area contributed by atoms with Crippen LogP contribution in [0.25, 0.3) is 0 Å². The van der Waals surface area contributed by atoms with Crippen molar-refractivity contribution in [3.8, 4) is 0 Å². The summed E-state index contributed by atoms with van der Waals surface area (Å²) < 4.78 is 57.5. The van der Waals surface area contributed by atoms with Crippen molar-refractivity contribution in [2.45, 2.75) is 5.51 Å². The molecule has 1 aliphatic heterocycles. The van der Waals surface area contributed by atoms with Crippen LogP contribution in [0.1, 0.15) is 20.7 Å². The molecule has 0 bridgehead atoms. The molecule has 0 saturated heterocycles. The summed E-state index contributed by atoms with van der Waals surface area (Å²) in [7, 11) is -5.84. The quantitative estimate of drug-likeness (QED) is 0.422. The van der Waals surface area contributed by atoms with Crippen molar-refractivity contribution in [1.82, 2.24) is 5.32 Å². The lowest BCUT2D eigenvalue weighted by Crippen LogP contribution is -2.21. The second-order valence-corrected chi connectivity index (χ2v) is 4.66. The molecule has 0 saturated carbocycles. The smallest absolute Gasteiger partial charge is 0.288 e. The van der Waals surface area contributed by atoms with Crippen LogP contribution in [-0.4, -0.2) is 30.3 Å².